The van der Waals surface area contributed by atoms with Gasteiger partial charge in [-0.3, -0.25) is 0 Å². The van der Waals surface area contributed by atoms with Crippen molar-refractivity contribution in [2.75, 3.05) is 13.2 Å². The second-order valence-corrected chi connectivity index (χ2v) is 7.78. The molecule has 5 nitrogen and oxygen atoms in total. The second-order valence-electron chi connectivity index (χ2n) is 5.25. The van der Waals surface area contributed by atoms with Crippen LogP contribution in [0.3, 0.4) is 0 Å². The minimum absolute atomic E-state index is 0.174. The van der Waals surface area contributed by atoms with Crippen LogP contribution in [0.4, 0.5) is 0 Å². The molecule has 1 aromatic rings. The molecule has 3 N–H and O–H groups in total. The number of hydrogen-bond acceptors (Lipinski definition) is 4. The van der Waals surface area contributed by atoms with Crippen LogP contribution in [-0.4, -0.2) is 27.7 Å². The molecule has 2 rings (SSSR count). The average molecular weight is 377 g/mol. The van der Waals surface area contributed by atoms with Gasteiger partial charge in [-0.25, -0.2) is 13.1 Å². The van der Waals surface area contributed by atoms with Gasteiger partial charge in [-0.2, -0.15) is 0 Å². The van der Waals surface area contributed by atoms with Crippen LogP contribution in [0.5, 0.6) is 0 Å². The van der Waals surface area contributed by atoms with Gasteiger partial charge in [0.15, 0.2) is 0 Å². The third-order valence-electron chi connectivity index (χ3n) is 3.59. The predicted octanol–water partition coefficient (Wildman–Crippen LogP) is 2.06. The molecule has 118 valence electrons. The van der Waals surface area contributed by atoms with Crippen LogP contribution in [0, 0.1) is 6.92 Å². The largest absolute Gasteiger partial charge is 0.378 e. The first kappa shape index (κ1) is 16.9. The van der Waals surface area contributed by atoms with Crippen LogP contribution in [0.2, 0.25) is 0 Å². The van der Waals surface area contributed by atoms with Crippen molar-refractivity contribution < 1.29 is 13.2 Å². The molecule has 1 aliphatic rings. The van der Waals surface area contributed by atoms with Crippen LogP contribution in [0.25, 0.3) is 0 Å². The summed E-state index contributed by atoms with van der Waals surface area (Å²) in [5, 5.41) is 0. The Kier molecular flexibility index (Phi) is 5.79. The molecule has 1 atom stereocenters. The van der Waals surface area contributed by atoms with E-state index in [4.69, 9.17) is 10.5 Å². The lowest BCUT2D eigenvalue weighted by Crippen LogP contribution is -2.27. The van der Waals surface area contributed by atoms with Gasteiger partial charge in [-0.15, -0.1) is 0 Å². The van der Waals surface area contributed by atoms with E-state index in [2.05, 4.69) is 20.7 Å². The van der Waals surface area contributed by atoms with E-state index in [0.29, 0.717) is 24.0 Å². The van der Waals surface area contributed by atoms with Gasteiger partial charge in [0.05, 0.1) is 11.0 Å². The zero-order valence-electron chi connectivity index (χ0n) is 12.1. The van der Waals surface area contributed by atoms with Gasteiger partial charge in [-0.1, -0.05) is 6.07 Å². The first-order valence-electron chi connectivity index (χ1n) is 7.04. The summed E-state index contributed by atoms with van der Waals surface area (Å²) in [6, 6.07) is 3.50. The van der Waals surface area contributed by atoms with E-state index in [1.807, 2.05) is 13.0 Å². The van der Waals surface area contributed by atoms with Gasteiger partial charge in [0, 0.05) is 24.2 Å². The van der Waals surface area contributed by atoms with E-state index in [-0.39, 0.29) is 11.0 Å². The highest BCUT2D eigenvalue weighted by Gasteiger charge is 2.21. The maximum atomic E-state index is 12.4. The summed E-state index contributed by atoms with van der Waals surface area (Å²) in [6.45, 7) is 3.33. The van der Waals surface area contributed by atoms with Gasteiger partial charge < -0.3 is 10.5 Å². The van der Waals surface area contributed by atoms with Gasteiger partial charge in [-0.05, 0) is 59.3 Å². The Morgan fingerprint density at radius 3 is 2.86 bits per heavy atom. The quantitative estimate of drug-likeness (QED) is 0.795. The molecule has 1 aromatic carbocycles. The highest BCUT2D eigenvalue weighted by molar-refractivity contribution is 9.10. The lowest BCUT2D eigenvalue weighted by molar-refractivity contribution is 0.105. The van der Waals surface area contributed by atoms with E-state index >= 15 is 0 Å². The van der Waals surface area contributed by atoms with Crippen molar-refractivity contribution in [1.82, 2.24) is 4.72 Å². The lowest BCUT2D eigenvalue weighted by atomic mass is 10.1. The van der Waals surface area contributed by atoms with Crippen molar-refractivity contribution in [2.24, 2.45) is 5.73 Å². The van der Waals surface area contributed by atoms with Gasteiger partial charge in [0.1, 0.15) is 0 Å². The summed E-state index contributed by atoms with van der Waals surface area (Å²) in [5.41, 5.74) is 7.28. The molecule has 0 bridgehead atoms. The Balaban J connectivity index is 2.09. The number of nitrogens with one attached hydrogen (secondary N) is 1. The molecule has 0 amide bonds. The number of halogens is 1. The molecule has 1 aliphatic heterocycles. The first-order valence-corrected chi connectivity index (χ1v) is 9.32. The lowest BCUT2D eigenvalue weighted by Gasteiger charge is -2.13. The molecular formula is C14H21BrN2O3S. The van der Waals surface area contributed by atoms with Crippen molar-refractivity contribution in [1.29, 1.82) is 0 Å². The summed E-state index contributed by atoms with van der Waals surface area (Å²) < 4.78 is 33.6. The molecule has 0 aromatic heterocycles. The molecule has 1 saturated heterocycles. The molecular weight excluding hydrogens is 356 g/mol. The number of benzene rings is 1. The number of sulfonamides is 1. The van der Waals surface area contributed by atoms with Gasteiger partial charge in [0.25, 0.3) is 0 Å². The topological polar surface area (TPSA) is 81.4 Å². The Labute approximate surface area is 134 Å². The number of ether oxygens (including phenoxy) is 1. The van der Waals surface area contributed by atoms with Crippen LogP contribution in [0.15, 0.2) is 21.5 Å². The summed E-state index contributed by atoms with van der Waals surface area (Å²) in [5.74, 6) is 0. The van der Waals surface area contributed by atoms with Crippen molar-refractivity contribution in [2.45, 2.75) is 43.7 Å². The van der Waals surface area contributed by atoms with E-state index in [1.54, 1.807) is 6.07 Å². The van der Waals surface area contributed by atoms with Gasteiger partial charge >= 0.3 is 0 Å². The fourth-order valence-corrected chi connectivity index (χ4v) is 4.54. The molecule has 1 heterocycles. The highest BCUT2D eigenvalue weighted by atomic mass is 79.9. The van der Waals surface area contributed by atoms with Crippen LogP contribution >= 0.6 is 15.9 Å². The maximum absolute atomic E-state index is 12.4. The fourth-order valence-electron chi connectivity index (χ4n) is 2.43. The van der Waals surface area contributed by atoms with Crippen molar-refractivity contribution in [3.63, 3.8) is 0 Å². The molecule has 0 aliphatic carbocycles. The summed E-state index contributed by atoms with van der Waals surface area (Å²) in [4.78, 5) is 0.246. The molecule has 0 saturated carbocycles. The standard InChI is InChI=1S/C14H21BrN2O3S/c1-10-7-11(9-16)8-13(14(10)15)21(18,19)17-5-4-12-3-2-6-20-12/h7-8,12,17H,2-6,9,16H2,1H3. The third kappa shape index (κ3) is 4.26. The van der Waals surface area contributed by atoms with E-state index < -0.39 is 10.0 Å². The molecule has 0 radical (unpaired) electrons. The summed E-state index contributed by atoms with van der Waals surface area (Å²) in [6.07, 6.45) is 2.94. The number of aryl methyl sites for hydroxylation is 1. The first-order chi connectivity index (χ1) is 9.94. The minimum Gasteiger partial charge on any atom is -0.378 e. The van der Waals surface area contributed by atoms with Crippen LogP contribution in [0.1, 0.15) is 30.4 Å². The molecule has 1 unspecified atom stereocenters. The highest BCUT2D eigenvalue weighted by Crippen LogP contribution is 2.27. The van der Waals surface area contributed by atoms with Crippen molar-refractivity contribution in [3.8, 4) is 0 Å². The van der Waals surface area contributed by atoms with Crippen LogP contribution < -0.4 is 10.5 Å². The van der Waals surface area contributed by atoms with E-state index in [0.717, 1.165) is 30.6 Å². The Morgan fingerprint density at radius 1 is 1.48 bits per heavy atom. The van der Waals surface area contributed by atoms with Crippen molar-refractivity contribution in [3.05, 3.63) is 27.7 Å². The normalized spacial score (nSPS) is 19.1. The van der Waals surface area contributed by atoms with Crippen molar-refractivity contribution >= 4 is 26.0 Å². The zero-order valence-corrected chi connectivity index (χ0v) is 14.5. The van der Waals surface area contributed by atoms with Gasteiger partial charge in [0.2, 0.25) is 10.0 Å². The molecule has 7 heteroatoms. The van der Waals surface area contributed by atoms with E-state index in [1.165, 1.54) is 0 Å². The smallest absolute Gasteiger partial charge is 0.241 e. The fraction of sp³-hybridized carbons (Fsp3) is 0.571. The zero-order chi connectivity index (χ0) is 15.5. The number of nitrogens with two attached hydrogens (primary N) is 1. The minimum atomic E-state index is -3.55. The Morgan fingerprint density at radius 2 is 2.24 bits per heavy atom. The summed E-state index contributed by atoms with van der Waals surface area (Å²) in [7, 11) is -3.55. The molecule has 0 spiro atoms. The Hall–Kier alpha value is -0.470. The van der Waals surface area contributed by atoms with Crippen LogP contribution in [-0.2, 0) is 21.3 Å². The maximum Gasteiger partial charge on any atom is 0.241 e. The number of rotatable bonds is 6. The average Bonchev–Trinajstić information content (AvgIpc) is 2.94. The molecule has 21 heavy (non-hydrogen) atoms. The predicted molar refractivity (Wildman–Crippen MR) is 85.5 cm³/mol. The summed E-state index contributed by atoms with van der Waals surface area (Å²) >= 11 is 3.35. The molecule has 1 fully saturated rings. The second kappa shape index (κ2) is 7.19. The Bertz CT molecular complexity index is 598. The SMILES string of the molecule is Cc1cc(CN)cc(S(=O)(=O)NCCC2CCCO2)c1Br. The third-order valence-corrected chi connectivity index (χ3v) is 6.39. The van der Waals surface area contributed by atoms with E-state index in [9.17, 15) is 8.42 Å². The monoisotopic (exact) mass is 376 g/mol. The number of hydrogen-bond donors (Lipinski definition) is 2.